The number of nitrogens with one attached hydrogen (secondary N) is 2. The molecule has 0 heterocycles. The minimum atomic E-state index is -4.30. The Hall–Kier alpha value is -1.80. The summed E-state index contributed by atoms with van der Waals surface area (Å²) in [7, 11) is 1.69. The highest BCUT2D eigenvalue weighted by atomic mass is 19.4. The third-order valence-electron chi connectivity index (χ3n) is 3.23. The summed E-state index contributed by atoms with van der Waals surface area (Å²) < 4.78 is 46.3. The summed E-state index contributed by atoms with van der Waals surface area (Å²) in [5.74, 6) is 1.17. The van der Waals surface area contributed by atoms with E-state index in [1.54, 1.807) is 19.2 Å². The minimum Gasteiger partial charge on any atom is -0.379 e. The van der Waals surface area contributed by atoms with E-state index in [0.29, 0.717) is 37.1 Å². The van der Waals surface area contributed by atoms with Gasteiger partial charge in [0.2, 0.25) is 0 Å². The molecule has 148 valence electrons. The second kappa shape index (κ2) is 11.7. The van der Waals surface area contributed by atoms with Crippen LogP contribution in [0, 0.1) is 5.92 Å². The number of nitrogens with zero attached hydrogens (tertiary/aromatic N) is 1. The summed E-state index contributed by atoms with van der Waals surface area (Å²) >= 11 is 0. The second-order valence-electron chi connectivity index (χ2n) is 6.25. The van der Waals surface area contributed by atoms with Crippen LogP contribution in [0.3, 0.4) is 0 Å². The van der Waals surface area contributed by atoms with E-state index in [1.807, 2.05) is 12.1 Å². The lowest BCUT2D eigenvalue weighted by Crippen LogP contribution is -2.38. The molecule has 26 heavy (non-hydrogen) atoms. The molecule has 0 aliphatic heterocycles. The van der Waals surface area contributed by atoms with Crippen LogP contribution >= 0.6 is 0 Å². The number of halogens is 3. The highest BCUT2D eigenvalue weighted by molar-refractivity contribution is 5.79. The summed E-state index contributed by atoms with van der Waals surface area (Å²) in [4.78, 5) is 4.13. The van der Waals surface area contributed by atoms with Crippen LogP contribution in [-0.2, 0) is 22.6 Å². The zero-order valence-electron chi connectivity index (χ0n) is 15.5. The van der Waals surface area contributed by atoms with E-state index in [9.17, 15) is 13.2 Å². The Morgan fingerprint density at radius 2 is 1.73 bits per heavy atom. The molecule has 0 atom stereocenters. The number of benzene rings is 1. The maximum atomic E-state index is 12.0. The molecule has 0 unspecified atom stereocenters. The van der Waals surface area contributed by atoms with E-state index in [0.717, 1.165) is 12.2 Å². The maximum absolute atomic E-state index is 12.0. The topological polar surface area (TPSA) is 54.9 Å². The van der Waals surface area contributed by atoms with Crippen molar-refractivity contribution < 1.29 is 22.6 Å². The molecule has 1 aromatic carbocycles. The first-order valence-electron chi connectivity index (χ1n) is 8.54. The fourth-order valence-electron chi connectivity index (χ4n) is 2.00. The molecule has 8 heteroatoms. The summed E-state index contributed by atoms with van der Waals surface area (Å²) in [6.45, 7) is 5.44. The Morgan fingerprint density at radius 1 is 1.08 bits per heavy atom. The third-order valence-corrected chi connectivity index (χ3v) is 3.23. The molecule has 1 rings (SSSR count). The Balaban J connectivity index is 2.28. The Labute approximate surface area is 153 Å². The molecule has 0 radical (unpaired) electrons. The maximum Gasteiger partial charge on any atom is 0.411 e. The van der Waals surface area contributed by atoms with Crippen LogP contribution < -0.4 is 10.6 Å². The van der Waals surface area contributed by atoms with Gasteiger partial charge in [-0.15, -0.1) is 0 Å². The van der Waals surface area contributed by atoms with E-state index < -0.39 is 12.8 Å². The smallest absolute Gasteiger partial charge is 0.379 e. The van der Waals surface area contributed by atoms with E-state index in [1.165, 1.54) is 0 Å². The van der Waals surface area contributed by atoms with E-state index in [4.69, 9.17) is 4.74 Å². The largest absolute Gasteiger partial charge is 0.411 e. The Morgan fingerprint density at radius 3 is 2.31 bits per heavy atom. The van der Waals surface area contributed by atoms with Gasteiger partial charge in [-0.05, 0) is 17.0 Å². The molecule has 1 aromatic rings. The average Bonchev–Trinajstić information content (AvgIpc) is 2.57. The molecule has 0 bridgehead atoms. The van der Waals surface area contributed by atoms with E-state index in [-0.39, 0.29) is 6.61 Å². The van der Waals surface area contributed by atoms with Gasteiger partial charge < -0.3 is 20.1 Å². The molecule has 2 N–H and O–H groups in total. The van der Waals surface area contributed by atoms with E-state index in [2.05, 4.69) is 34.2 Å². The molecule has 0 saturated carbocycles. The highest BCUT2D eigenvalue weighted by Gasteiger charge is 2.27. The number of hydrogen-bond acceptors (Lipinski definition) is 3. The molecule has 0 fully saturated rings. The lowest BCUT2D eigenvalue weighted by molar-refractivity contribution is -0.176. The van der Waals surface area contributed by atoms with Crippen LogP contribution in [0.2, 0.25) is 0 Å². The fourth-order valence-corrected chi connectivity index (χ4v) is 2.00. The third kappa shape index (κ3) is 10.9. The van der Waals surface area contributed by atoms with Crippen molar-refractivity contribution in [1.82, 2.24) is 10.6 Å². The molecule has 0 saturated heterocycles. The van der Waals surface area contributed by atoms with Gasteiger partial charge >= 0.3 is 6.18 Å². The van der Waals surface area contributed by atoms with Gasteiger partial charge in [-0.3, -0.25) is 4.99 Å². The number of hydrogen-bond donors (Lipinski definition) is 2. The predicted octanol–water partition coefficient (Wildman–Crippen LogP) is 3.10. The van der Waals surface area contributed by atoms with Gasteiger partial charge in [0.1, 0.15) is 6.61 Å². The number of alkyl halides is 3. The van der Waals surface area contributed by atoms with Crippen molar-refractivity contribution in [3.63, 3.8) is 0 Å². The summed E-state index contributed by atoms with van der Waals surface area (Å²) in [6, 6.07) is 7.20. The SMILES string of the molecule is CN=C(NCCOCC(C)C)NCc1ccc(COCC(F)(F)F)cc1. The van der Waals surface area contributed by atoms with Crippen LogP contribution in [0.25, 0.3) is 0 Å². The summed E-state index contributed by atoms with van der Waals surface area (Å²) in [5, 5.41) is 6.33. The molecule has 0 aliphatic carbocycles. The van der Waals surface area contributed by atoms with Gasteiger partial charge in [-0.2, -0.15) is 13.2 Å². The first-order valence-corrected chi connectivity index (χ1v) is 8.54. The van der Waals surface area contributed by atoms with Gasteiger partial charge in [0.25, 0.3) is 0 Å². The first kappa shape index (κ1) is 22.2. The van der Waals surface area contributed by atoms with Gasteiger partial charge in [-0.1, -0.05) is 38.1 Å². The van der Waals surface area contributed by atoms with Crippen molar-refractivity contribution >= 4 is 5.96 Å². The average molecular weight is 375 g/mol. The van der Waals surface area contributed by atoms with Crippen molar-refractivity contribution in [3.05, 3.63) is 35.4 Å². The molecule has 0 amide bonds. The zero-order valence-corrected chi connectivity index (χ0v) is 15.5. The molecule has 0 aromatic heterocycles. The standard InChI is InChI=1S/C18H28F3N3O2/c1-14(2)11-25-9-8-23-17(22-3)24-10-15-4-6-16(7-5-15)12-26-13-18(19,20)21/h4-7,14H,8-13H2,1-3H3,(H2,22,23,24). The minimum absolute atomic E-state index is 0.0627. The number of aliphatic imine (C=N–C) groups is 1. The van der Waals surface area contributed by atoms with Crippen LogP contribution in [-0.4, -0.2) is 45.5 Å². The molecule has 0 spiro atoms. The highest BCUT2D eigenvalue weighted by Crippen LogP contribution is 2.15. The van der Waals surface area contributed by atoms with Crippen LogP contribution in [0.15, 0.2) is 29.3 Å². The lowest BCUT2D eigenvalue weighted by atomic mass is 10.1. The summed E-state index contributed by atoms with van der Waals surface area (Å²) in [5.41, 5.74) is 1.69. The fraction of sp³-hybridized carbons (Fsp3) is 0.611. The monoisotopic (exact) mass is 375 g/mol. The predicted molar refractivity (Wildman–Crippen MR) is 96.0 cm³/mol. The van der Waals surface area contributed by atoms with Crippen molar-refractivity contribution in [2.45, 2.75) is 33.2 Å². The van der Waals surface area contributed by atoms with Crippen molar-refractivity contribution in [1.29, 1.82) is 0 Å². The van der Waals surface area contributed by atoms with Crippen molar-refractivity contribution in [3.8, 4) is 0 Å². The van der Waals surface area contributed by atoms with Crippen LogP contribution in [0.4, 0.5) is 13.2 Å². The van der Waals surface area contributed by atoms with E-state index >= 15 is 0 Å². The second-order valence-corrected chi connectivity index (χ2v) is 6.25. The summed E-state index contributed by atoms with van der Waals surface area (Å²) in [6.07, 6.45) is -4.30. The Kier molecular flexibility index (Phi) is 10.0. The zero-order chi connectivity index (χ0) is 19.4. The van der Waals surface area contributed by atoms with Crippen LogP contribution in [0.5, 0.6) is 0 Å². The molecular formula is C18H28F3N3O2. The quantitative estimate of drug-likeness (QED) is 0.375. The molecule has 0 aliphatic rings. The van der Waals surface area contributed by atoms with Gasteiger partial charge in [0, 0.05) is 26.7 Å². The van der Waals surface area contributed by atoms with Gasteiger partial charge in [0.15, 0.2) is 5.96 Å². The molecule has 5 nitrogen and oxygen atoms in total. The number of ether oxygens (including phenoxy) is 2. The van der Waals surface area contributed by atoms with Gasteiger partial charge in [0.05, 0.1) is 13.2 Å². The first-order chi connectivity index (χ1) is 12.3. The number of rotatable bonds is 10. The van der Waals surface area contributed by atoms with Crippen molar-refractivity contribution in [2.75, 3.05) is 33.4 Å². The van der Waals surface area contributed by atoms with Crippen molar-refractivity contribution in [2.24, 2.45) is 10.9 Å². The Bertz CT molecular complexity index is 531. The lowest BCUT2D eigenvalue weighted by Gasteiger charge is -2.13. The van der Waals surface area contributed by atoms with Crippen LogP contribution in [0.1, 0.15) is 25.0 Å². The molecular weight excluding hydrogens is 347 g/mol. The normalized spacial score (nSPS) is 12.5. The van der Waals surface area contributed by atoms with Gasteiger partial charge in [-0.25, -0.2) is 0 Å². The number of guanidine groups is 1.